The standard InChI is InChI=1S/C22H19Cl2N7O2/c1-30-20-17(28-19(21(30)32)18-15(23)10-25-11-16(18)24)12-26-22(29-20)27-13-2-4-14(5-3-13)31-6-8-33-9-7-31/h2-5,10-12H,6-9H2,1H3,(H,26,27,29). The van der Waals surface area contributed by atoms with Gasteiger partial charge in [-0.1, -0.05) is 23.2 Å². The Kier molecular flexibility index (Phi) is 5.84. The topological polar surface area (TPSA) is 98.1 Å². The zero-order valence-corrected chi connectivity index (χ0v) is 19.1. The molecular formula is C22H19Cl2N7O2. The fourth-order valence-corrected chi connectivity index (χ4v) is 4.23. The molecule has 4 heterocycles. The zero-order valence-electron chi connectivity index (χ0n) is 17.6. The predicted octanol–water partition coefficient (Wildman–Crippen LogP) is 3.67. The van der Waals surface area contributed by atoms with Crippen molar-refractivity contribution in [2.45, 2.75) is 0 Å². The van der Waals surface area contributed by atoms with E-state index in [9.17, 15) is 4.79 Å². The number of aryl methyl sites for hydroxylation is 1. The highest BCUT2D eigenvalue weighted by Gasteiger charge is 2.18. The van der Waals surface area contributed by atoms with Crippen molar-refractivity contribution in [2.24, 2.45) is 7.05 Å². The number of hydrogen-bond acceptors (Lipinski definition) is 8. The van der Waals surface area contributed by atoms with E-state index < -0.39 is 0 Å². The van der Waals surface area contributed by atoms with Crippen LogP contribution in [0, 0.1) is 0 Å². The lowest BCUT2D eigenvalue weighted by atomic mass is 10.2. The summed E-state index contributed by atoms with van der Waals surface area (Å²) in [7, 11) is 1.62. The van der Waals surface area contributed by atoms with Crippen LogP contribution < -0.4 is 15.8 Å². The summed E-state index contributed by atoms with van der Waals surface area (Å²) in [6, 6.07) is 8.01. The maximum atomic E-state index is 13.0. The third-order valence-corrected chi connectivity index (χ3v) is 5.97. The molecule has 1 N–H and O–H groups in total. The third-order valence-electron chi connectivity index (χ3n) is 5.40. The van der Waals surface area contributed by atoms with Crippen LogP contribution in [0.1, 0.15) is 0 Å². The normalized spacial score (nSPS) is 14.0. The summed E-state index contributed by atoms with van der Waals surface area (Å²) in [6.07, 6.45) is 4.39. The highest BCUT2D eigenvalue weighted by Crippen LogP contribution is 2.31. The molecule has 11 heteroatoms. The molecule has 1 fully saturated rings. The van der Waals surface area contributed by atoms with E-state index in [1.54, 1.807) is 13.2 Å². The Morgan fingerprint density at radius 3 is 2.39 bits per heavy atom. The molecule has 168 valence electrons. The monoisotopic (exact) mass is 483 g/mol. The summed E-state index contributed by atoms with van der Waals surface area (Å²) in [4.78, 5) is 32.5. The van der Waals surface area contributed by atoms with Gasteiger partial charge >= 0.3 is 0 Å². The second-order valence-electron chi connectivity index (χ2n) is 7.48. The van der Waals surface area contributed by atoms with Crippen molar-refractivity contribution in [1.82, 2.24) is 24.5 Å². The van der Waals surface area contributed by atoms with Gasteiger partial charge in [0.05, 0.1) is 29.5 Å². The Balaban J connectivity index is 1.45. The van der Waals surface area contributed by atoms with Gasteiger partial charge in [0.15, 0.2) is 5.65 Å². The molecule has 5 rings (SSSR count). The molecule has 1 aliphatic heterocycles. The van der Waals surface area contributed by atoms with E-state index in [0.29, 0.717) is 22.7 Å². The summed E-state index contributed by atoms with van der Waals surface area (Å²) in [6.45, 7) is 3.22. The Morgan fingerprint density at radius 1 is 1.00 bits per heavy atom. The van der Waals surface area contributed by atoms with Crippen molar-refractivity contribution in [3.05, 3.63) is 63.3 Å². The van der Waals surface area contributed by atoms with Crippen LogP contribution in [0.15, 0.2) is 47.7 Å². The molecule has 0 unspecified atom stereocenters. The maximum absolute atomic E-state index is 13.0. The van der Waals surface area contributed by atoms with Crippen LogP contribution in [0.5, 0.6) is 0 Å². The van der Waals surface area contributed by atoms with Crippen molar-refractivity contribution < 1.29 is 4.74 Å². The fraction of sp³-hybridized carbons (Fsp3) is 0.227. The van der Waals surface area contributed by atoms with Crippen molar-refractivity contribution in [3.8, 4) is 11.3 Å². The van der Waals surface area contributed by atoms with Crippen molar-refractivity contribution in [3.63, 3.8) is 0 Å². The van der Waals surface area contributed by atoms with Gasteiger partial charge in [-0.25, -0.2) is 9.97 Å². The number of benzene rings is 1. The van der Waals surface area contributed by atoms with Gasteiger partial charge in [-0.3, -0.25) is 14.3 Å². The first kappa shape index (κ1) is 21.6. The Morgan fingerprint density at radius 2 is 1.70 bits per heavy atom. The summed E-state index contributed by atoms with van der Waals surface area (Å²) < 4.78 is 6.81. The number of morpholine rings is 1. The smallest absolute Gasteiger partial charge is 0.278 e. The summed E-state index contributed by atoms with van der Waals surface area (Å²) in [5.74, 6) is 0.353. The van der Waals surface area contributed by atoms with Crippen LogP contribution in [-0.2, 0) is 11.8 Å². The molecule has 0 amide bonds. The Bertz CT molecular complexity index is 1370. The minimum Gasteiger partial charge on any atom is -0.378 e. The summed E-state index contributed by atoms with van der Waals surface area (Å²) >= 11 is 12.5. The highest BCUT2D eigenvalue weighted by atomic mass is 35.5. The average molecular weight is 484 g/mol. The third kappa shape index (κ3) is 4.22. The molecule has 0 spiro atoms. The van der Waals surface area contributed by atoms with E-state index in [4.69, 9.17) is 27.9 Å². The van der Waals surface area contributed by atoms with E-state index in [-0.39, 0.29) is 21.3 Å². The molecule has 4 aromatic rings. The highest BCUT2D eigenvalue weighted by molar-refractivity contribution is 6.38. The zero-order chi connectivity index (χ0) is 22.9. The molecule has 0 atom stereocenters. The number of rotatable bonds is 4. The molecule has 0 aliphatic carbocycles. The molecule has 0 radical (unpaired) electrons. The van der Waals surface area contributed by atoms with Gasteiger partial charge in [0.25, 0.3) is 5.56 Å². The molecule has 0 bridgehead atoms. The van der Waals surface area contributed by atoms with E-state index in [2.05, 4.69) is 30.2 Å². The molecule has 3 aromatic heterocycles. The van der Waals surface area contributed by atoms with E-state index >= 15 is 0 Å². The largest absolute Gasteiger partial charge is 0.378 e. The van der Waals surface area contributed by atoms with Gasteiger partial charge < -0.3 is 15.0 Å². The van der Waals surface area contributed by atoms with Crippen molar-refractivity contribution in [2.75, 3.05) is 36.5 Å². The maximum Gasteiger partial charge on any atom is 0.278 e. The van der Waals surface area contributed by atoms with Crippen LogP contribution in [0.25, 0.3) is 22.4 Å². The lowest BCUT2D eigenvalue weighted by molar-refractivity contribution is 0.122. The van der Waals surface area contributed by atoms with Crippen LogP contribution >= 0.6 is 23.2 Å². The van der Waals surface area contributed by atoms with Gasteiger partial charge in [0.1, 0.15) is 11.2 Å². The Hall–Kier alpha value is -3.27. The minimum atomic E-state index is -0.378. The van der Waals surface area contributed by atoms with E-state index in [1.807, 2.05) is 24.3 Å². The molecule has 9 nitrogen and oxygen atoms in total. The average Bonchev–Trinajstić information content (AvgIpc) is 2.83. The van der Waals surface area contributed by atoms with Crippen LogP contribution in [0.3, 0.4) is 0 Å². The molecule has 1 saturated heterocycles. The van der Waals surface area contributed by atoms with Gasteiger partial charge in [-0.15, -0.1) is 0 Å². The number of aromatic nitrogens is 5. The molecule has 0 saturated carbocycles. The fourth-order valence-electron chi connectivity index (χ4n) is 3.68. The first-order chi connectivity index (χ1) is 16.0. The van der Waals surface area contributed by atoms with Gasteiger partial charge in [-0.05, 0) is 24.3 Å². The number of ether oxygens (including phenoxy) is 1. The van der Waals surface area contributed by atoms with Crippen LogP contribution in [-0.4, -0.2) is 50.8 Å². The molecule has 33 heavy (non-hydrogen) atoms. The number of halogens is 2. The number of nitrogens with one attached hydrogen (secondary N) is 1. The van der Waals surface area contributed by atoms with Crippen molar-refractivity contribution in [1.29, 1.82) is 0 Å². The molecular weight excluding hydrogens is 465 g/mol. The number of nitrogens with zero attached hydrogens (tertiary/aromatic N) is 6. The van der Waals surface area contributed by atoms with E-state index in [0.717, 1.165) is 37.7 Å². The van der Waals surface area contributed by atoms with Gasteiger partial charge in [-0.2, -0.15) is 4.98 Å². The summed E-state index contributed by atoms with van der Waals surface area (Å²) in [5.41, 5.74) is 2.85. The predicted molar refractivity (Wildman–Crippen MR) is 129 cm³/mol. The first-order valence-corrected chi connectivity index (χ1v) is 11.0. The van der Waals surface area contributed by atoms with Crippen molar-refractivity contribution >= 4 is 51.7 Å². The van der Waals surface area contributed by atoms with Crippen LogP contribution in [0.2, 0.25) is 10.0 Å². The number of fused-ring (bicyclic) bond motifs is 1. The molecule has 1 aliphatic rings. The number of anilines is 3. The van der Waals surface area contributed by atoms with Crippen LogP contribution in [0.4, 0.5) is 17.3 Å². The van der Waals surface area contributed by atoms with Gasteiger partial charge in [0, 0.05) is 49.5 Å². The Labute approximate surface area is 199 Å². The lowest BCUT2D eigenvalue weighted by Gasteiger charge is -2.28. The summed E-state index contributed by atoms with van der Waals surface area (Å²) in [5, 5.41) is 3.66. The van der Waals surface area contributed by atoms with E-state index in [1.165, 1.54) is 17.0 Å². The number of hydrogen-bond donors (Lipinski definition) is 1. The lowest BCUT2D eigenvalue weighted by Crippen LogP contribution is -2.36. The van der Waals surface area contributed by atoms with Gasteiger partial charge in [0.2, 0.25) is 5.95 Å². The SMILES string of the molecule is Cn1c(=O)c(-c2c(Cl)cncc2Cl)nc2cnc(Nc3ccc(N4CCOCC4)cc3)nc21. The second-order valence-corrected chi connectivity index (χ2v) is 8.29. The minimum absolute atomic E-state index is 0.116. The number of pyridine rings is 1. The second kappa shape index (κ2) is 8.93. The quantitative estimate of drug-likeness (QED) is 0.469. The first-order valence-electron chi connectivity index (χ1n) is 10.2. The molecule has 1 aromatic carbocycles.